The van der Waals surface area contributed by atoms with Gasteiger partial charge in [0.15, 0.2) is 0 Å². The van der Waals surface area contributed by atoms with Gasteiger partial charge in [0.25, 0.3) is 0 Å². The van der Waals surface area contributed by atoms with E-state index < -0.39 is 0 Å². The normalized spacial score (nSPS) is 12.6. The van der Waals surface area contributed by atoms with Gasteiger partial charge in [-0.3, -0.25) is 0 Å². The number of hydrogen-bond donors (Lipinski definition) is 0. The van der Waals surface area contributed by atoms with Crippen LogP contribution in [0.2, 0.25) is 0 Å². The minimum absolute atomic E-state index is 1.12. The lowest BCUT2D eigenvalue weighted by Crippen LogP contribution is -2.22. The Kier molecular flexibility index (Phi) is 6.24. The average Bonchev–Trinajstić information content (AvgIpc) is 2.06. The lowest BCUT2D eigenvalue weighted by Gasteiger charge is -2.15. The van der Waals surface area contributed by atoms with Gasteiger partial charge in [0.2, 0.25) is 0 Å². The first kappa shape index (κ1) is 10.7. The van der Waals surface area contributed by atoms with Crippen molar-refractivity contribution in [3.63, 3.8) is 0 Å². The van der Waals surface area contributed by atoms with E-state index in [0.29, 0.717) is 0 Å². The summed E-state index contributed by atoms with van der Waals surface area (Å²) in [4.78, 5) is 2.42. The fraction of sp³-hybridized carbons (Fsp3) is 0.800. The van der Waals surface area contributed by atoms with Crippen LogP contribution >= 0.6 is 0 Å². The summed E-state index contributed by atoms with van der Waals surface area (Å²) in [7, 11) is 0. The van der Waals surface area contributed by atoms with Gasteiger partial charge in [-0.25, -0.2) is 0 Å². The van der Waals surface area contributed by atoms with Crippen LogP contribution in [0.3, 0.4) is 0 Å². The van der Waals surface area contributed by atoms with Crippen LogP contribution in [0.4, 0.5) is 0 Å². The highest BCUT2D eigenvalue weighted by atomic mass is 15.1. The Labute approximate surface area is 71.1 Å². The van der Waals surface area contributed by atoms with Gasteiger partial charge in [-0.2, -0.15) is 0 Å². The highest BCUT2D eigenvalue weighted by Gasteiger charge is 1.94. The van der Waals surface area contributed by atoms with Gasteiger partial charge in [-0.15, -0.1) is 0 Å². The number of likely N-dealkylation sites (N-methyl/N-ethyl adjacent to an activating group) is 1. The van der Waals surface area contributed by atoms with Crippen molar-refractivity contribution in [3.05, 3.63) is 11.6 Å². The maximum Gasteiger partial charge on any atom is 0.0165 e. The third kappa shape index (κ3) is 5.02. The van der Waals surface area contributed by atoms with Crippen molar-refractivity contribution < 1.29 is 0 Å². The van der Waals surface area contributed by atoms with Crippen molar-refractivity contribution in [1.82, 2.24) is 4.90 Å². The lowest BCUT2D eigenvalue weighted by atomic mass is 10.2. The molecule has 1 heteroatoms. The number of allylic oxidation sites excluding steroid dienone is 1. The molecule has 0 saturated heterocycles. The highest BCUT2D eigenvalue weighted by molar-refractivity contribution is 4.98. The maximum atomic E-state index is 2.42. The molecule has 0 aromatic carbocycles. The standard InChI is InChI=1S/C10H21N/c1-5-10(4)8-9-11(6-2)7-3/h8H,5-7,9H2,1-4H3/b10-8+. The van der Waals surface area contributed by atoms with Gasteiger partial charge in [-0.05, 0) is 26.4 Å². The largest absolute Gasteiger partial charge is 0.300 e. The minimum Gasteiger partial charge on any atom is -0.300 e. The molecule has 0 bridgehead atoms. The molecular formula is C10H21N. The van der Waals surface area contributed by atoms with E-state index in [-0.39, 0.29) is 0 Å². The number of hydrogen-bond acceptors (Lipinski definition) is 1. The Bertz CT molecular complexity index is 112. The average molecular weight is 155 g/mol. The maximum absolute atomic E-state index is 2.42. The van der Waals surface area contributed by atoms with Crippen LogP contribution in [0.15, 0.2) is 11.6 Å². The van der Waals surface area contributed by atoms with E-state index in [2.05, 4.69) is 38.7 Å². The van der Waals surface area contributed by atoms with Gasteiger partial charge >= 0.3 is 0 Å². The van der Waals surface area contributed by atoms with E-state index >= 15 is 0 Å². The molecule has 0 aliphatic carbocycles. The summed E-state index contributed by atoms with van der Waals surface area (Å²) in [6.45, 7) is 12.2. The van der Waals surface area contributed by atoms with Gasteiger partial charge < -0.3 is 4.90 Å². The van der Waals surface area contributed by atoms with Crippen molar-refractivity contribution in [1.29, 1.82) is 0 Å². The van der Waals surface area contributed by atoms with E-state index in [1.54, 1.807) is 0 Å². The first-order chi connectivity index (χ1) is 5.24. The first-order valence-electron chi connectivity index (χ1n) is 4.62. The molecule has 0 unspecified atom stereocenters. The van der Waals surface area contributed by atoms with Crippen LogP contribution in [-0.4, -0.2) is 24.5 Å². The Hall–Kier alpha value is -0.300. The predicted octanol–water partition coefficient (Wildman–Crippen LogP) is 2.68. The van der Waals surface area contributed by atoms with E-state index in [1.807, 2.05) is 0 Å². The molecule has 0 N–H and O–H groups in total. The zero-order chi connectivity index (χ0) is 8.69. The zero-order valence-corrected chi connectivity index (χ0v) is 8.35. The topological polar surface area (TPSA) is 3.24 Å². The Morgan fingerprint density at radius 1 is 1.18 bits per heavy atom. The summed E-state index contributed by atoms with van der Waals surface area (Å²) < 4.78 is 0. The van der Waals surface area contributed by atoms with Crippen LogP contribution in [-0.2, 0) is 0 Å². The molecule has 0 aliphatic rings. The molecule has 0 atom stereocenters. The zero-order valence-electron chi connectivity index (χ0n) is 8.35. The summed E-state index contributed by atoms with van der Waals surface area (Å²) >= 11 is 0. The van der Waals surface area contributed by atoms with Crippen molar-refractivity contribution in [2.45, 2.75) is 34.1 Å². The molecule has 0 aromatic heterocycles. The van der Waals surface area contributed by atoms with Crippen LogP contribution in [0, 0.1) is 0 Å². The van der Waals surface area contributed by atoms with E-state index in [9.17, 15) is 0 Å². The van der Waals surface area contributed by atoms with Crippen LogP contribution in [0.25, 0.3) is 0 Å². The van der Waals surface area contributed by atoms with Crippen molar-refractivity contribution in [3.8, 4) is 0 Å². The molecular weight excluding hydrogens is 134 g/mol. The van der Waals surface area contributed by atoms with Crippen molar-refractivity contribution >= 4 is 0 Å². The van der Waals surface area contributed by atoms with Gasteiger partial charge in [0, 0.05) is 6.54 Å². The summed E-state index contributed by atoms with van der Waals surface area (Å²) in [5.41, 5.74) is 1.50. The third-order valence-corrected chi connectivity index (χ3v) is 2.15. The molecule has 0 spiro atoms. The van der Waals surface area contributed by atoms with Crippen LogP contribution < -0.4 is 0 Å². The quantitative estimate of drug-likeness (QED) is 0.552. The monoisotopic (exact) mass is 155 g/mol. The van der Waals surface area contributed by atoms with Crippen molar-refractivity contribution in [2.75, 3.05) is 19.6 Å². The molecule has 1 nitrogen and oxygen atoms in total. The minimum atomic E-state index is 1.12. The molecule has 0 fully saturated rings. The molecule has 0 saturated carbocycles. The molecule has 0 heterocycles. The predicted molar refractivity (Wildman–Crippen MR) is 51.8 cm³/mol. The van der Waals surface area contributed by atoms with E-state index in [0.717, 1.165) is 19.6 Å². The molecule has 0 rings (SSSR count). The molecule has 0 aromatic rings. The van der Waals surface area contributed by atoms with Crippen LogP contribution in [0.1, 0.15) is 34.1 Å². The van der Waals surface area contributed by atoms with Gasteiger partial charge in [0.05, 0.1) is 0 Å². The fourth-order valence-electron chi connectivity index (χ4n) is 0.911. The summed E-state index contributed by atoms with van der Waals surface area (Å²) in [6.07, 6.45) is 3.51. The van der Waals surface area contributed by atoms with E-state index in [1.165, 1.54) is 12.0 Å². The summed E-state index contributed by atoms with van der Waals surface area (Å²) in [5, 5.41) is 0. The molecule has 0 amide bonds. The first-order valence-corrected chi connectivity index (χ1v) is 4.62. The SMILES string of the molecule is CC/C(C)=C/CN(CC)CC. The highest BCUT2D eigenvalue weighted by Crippen LogP contribution is 1.98. The Morgan fingerprint density at radius 2 is 1.73 bits per heavy atom. The second-order valence-electron chi connectivity index (χ2n) is 2.89. The molecule has 0 radical (unpaired) electrons. The summed E-state index contributed by atoms with van der Waals surface area (Å²) in [6, 6.07) is 0. The van der Waals surface area contributed by atoms with E-state index in [4.69, 9.17) is 0 Å². The second-order valence-corrected chi connectivity index (χ2v) is 2.89. The molecule has 11 heavy (non-hydrogen) atoms. The second kappa shape index (κ2) is 6.41. The van der Waals surface area contributed by atoms with Gasteiger partial charge in [0.1, 0.15) is 0 Å². The van der Waals surface area contributed by atoms with Crippen LogP contribution in [0.5, 0.6) is 0 Å². The Morgan fingerprint density at radius 3 is 2.09 bits per heavy atom. The molecule has 0 aliphatic heterocycles. The number of rotatable bonds is 5. The summed E-state index contributed by atoms with van der Waals surface area (Å²) in [5.74, 6) is 0. The molecule has 66 valence electrons. The fourth-order valence-corrected chi connectivity index (χ4v) is 0.911. The smallest absolute Gasteiger partial charge is 0.0165 e. The number of nitrogens with zero attached hydrogens (tertiary/aromatic N) is 1. The lowest BCUT2D eigenvalue weighted by molar-refractivity contribution is 0.336. The Balaban J connectivity index is 3.65. The third-order valence-electron chi connectivity index (χ3n) is 2.15. The van der Waals surface area contributed by atoms with Gasteiger partial charge in [-0.1, -0.05) is 32.4 Å². The van der Waals surface area contributed by atoms with Crippen molar-refractivity contribution in [2.24, 2.45) is 0 Å².